The number of hydrogen-bond donors (Lipinski definition) is 1. The number of nitrogens with zero attached hydrogens (tertiary/aromatic N) is 1. The van der Waals surface area contributed by atoms with E-state index < -0.39 is 10.0 Å². The molecule has 2 heterocycles. The molecule has 2 aliphatic rings. The Balaban J connectivity index is 2.09. The zero-order valence-electron chi connectivity index (χ0n) is 9.03. The molecule has 0 aliphatic carbocycles. The summed E-state index contributed by atoms with van der Waals surface area (Å²) in [5.41, 5.74) is -0.278. The second-order valence-electron chi connectivity index (χ2n) is 4.41. The molecular formula is C9H18N2O3S. The van der Waals surface area contributed by atoms with Gasteiger partial charge in [-0.3, -0.25) is 0 Å². The lowest BCUT2D eigenvalue weighted by molar-refractivity contribution is -0.0922. The van der Waals surface area contributed by atoms with E-state index in [2.05, 4.69) is 5.32 Å². The number of morpholine rings is 1. The molecule has 0 amide bonds. The number of nitrogens with one attached hydrogen (secondary N) is 1. The van der Waals surface area contributed by atoms with Gasteiger partial charge in [-0.15, -0.1) is 0 Å². The summed E-state index contributed by atoms with van der Waals surface area (Å²) in [5.74, 6) is 0. The van der Waals surface area contributed by atoms with Gasteiger partial charge >= 0.3 is 0 Å². The van der Waals surface area contributed by atoms with Crippen LogP contribution in [0, 0.1) is 0 Å². The van der Waals surface area contributed by atoms with Gasteiger partial charge in [-0.05, 0) is 12.8 Å². The summed E-state index contributed by atoms with van der Waals surface area (Å²) in [7, 11) is -3.08. The van der Waals surface area contributed by atoms with E-state index in [-0.39, 0.29) is 5.60 Å². The summed E-state index contributed by atoms with van der Waals surface area (Å²) >= 11 is 0. The van der Waals surface area contributed by atoms with Crippen molar-refractivity contribution in [2.75, 3.05) is 39.0 Å². The number of sulfonamides is 1. The molecule has 2 rings (SSSR count). The van der Waals surface area contributed by atoms with Crippen LogP contribution in [0.2, 0.25) is 0 Å². The molecule has 0 aromatic heterocycles. The molecule has 6 heteroatoms. The molecule has 0 bridgehead atoms. The Labute approximate surface area is 90.8 Å². The van der Waals surface area contributed by atoms with Gasteiger partial charge in [0.15, 0.2) is 0 Å². The fourth-order valence-corrected chi connectivity index (χ4v) is 3.24. The molecule has 0 saturated carbocycles. The van der Waals surface area contributed by atoms with E-state index in [1.54, 1.807) is 0 Å². The van der Waals surface area contributed by atoms with Crippen LogP contribution in [0.1, 0.15) is 12.8 Å². The van der Waals surface area contributed by atoms with Crippen molar-refractivity contribution in [3.05, 3.63) is 0 Å². The van der Waals surface area contributed by atoms with Gasteiger partial charge in [0, 0.05) is 26.2 Å². The van der Waals surface area contributed by atoms with Gasteiger partial charge in [0.25, 0.3) is 0 Å². The molecule has 1 spiro atoms. The third-order valence-electron chi connectivity index (χ3n) is 3.11. The lowest BCUT2D eigenvalue weighted by atomic mass is 9.93. The second kappa shape index (κ2) is 4.01. The topological polar surface area (TPSA) is 58.6 Å². The maximum atomic E-state index is 11.5. The summed E-state index contributed by atoms with van der Waals surface area (Å²) in [4.78, 5) is 0. The third-order valence-corrected chi connectivity index (χ3v) is 4.36. The van der Waals surface area contributed by atoms with Crippen molar-refractivity contribution in [1.82, 2.24) is 9.62 Å². The van der Waals surface area contributed by atoms with Crippen LogP contribution < -0.4 is 5.32 Å². The first-order valence-electron chi connectivity index (χ1n) is 5.32. The van der Waals surface area contributed by atoms with Crippen molar-refractivity contribution >= 4 is 10.0 Å². The van der Waals surface area contributed by atoms with Gasteiger partial charge in [0.1, 0.15) is 0 Å². The smallest absolute Gasteiger partial charge is 0.211 e. The minimum atomic E-state index is -3.08. The molecule has 2 fully saturated rings. The minimum absolute atomic E-state index is 0.278. The van der Waals surface area contributed by atoms with Crippen LogP contribution in [-0.2, 0) is 14.8 Å². The van der Waals surface area contributed by atoms with Crippen LogP contribution in [0.3, 0.4) is 0 Å². The largest absolute Gasteiger partial charge is 0.371 e. The fourth-order valence-electron chi connectivity index (χ4n) is 2.31. The van der Waals surface area contributed by atoms with Crippen LogP contribution in [0.25, 0.3) is 0 Å². The molecule has 2 saturated heterocycles. The highest BCUT2D eigenvalue weighted by Gasteiger charge is 2.40. The predicted octanol–water partition coefficient (Wildman–Crippen LogP) is -0.600. The molecule has 1 N–H and O–H groups in total. The number of ether oxygens (including phenoxy) is 1. The van der Waals surface area contributed by atoms with E-state index >= 15 is 0 Å². The van der Waals surface area contributed by atoms with Gasteiger partial charge < -0.3 is 10.1 Å². The normalized spacial score (nSPS) is 34.5. The van der Waals surface area contributed by atoms with Crippen LogP contribution in [0.4, 0.5) is 0 Å². The molecule has 5 nitrogen and oxygen atoms in total. The molecule has 88 valence electrons. The molecular weight excluding hydrogens is 216 g/mol. The Kier molecular flexibility index (Phi) is 3.03. The van der Waals surface area contributed by atoms with Crippen molar-refractivity contribution in [3.8, 4) is 0 Å². The monoisotopic (exact) mass is 234 g/mol. The van der Waals surface area contributed by atoms with E-state index in [9.17, 15) is 8.42 Å². The quantitative estimate of drug-likeness (QED) is 0.658. The highest BCUT2D eigenvalue weighted by molar-refractivity contribution is 7.88. The molecule has 0 aromatic rings. The van der Waals surface area contributed by atoms with Gasteiger partial charge in [-0.1, -0.05) is 0 Å². The van der Waals surface area contributed by atoms with Gasteiger partial charge in [-0.2, -0.15) is 4.31 Å². The van der Waals surface area contributed by atoms with Crippen molar-refractivity contribution in [2.45, 2.75) is 18.4 Å². The fraction of sp³-hybridized carbons (Fsp3) is 1.00. The standard InChI is InChI=1S/C9H18N2O3S/c1-15(12,13)11-5-2-3-9(8-11)7-10-4-6-14-9/h10H,2-8H2,1H3/t9-/m0/s1. The maximum Gasteiger partial charge on any atom is 0.211 e. The lowest BCUT2D eigenvalue weighted by Crippen LogP contribution is -2.59. The Hall–Kier alpha value is -0.170. The minimum Gasteiger partial charge on any atom is -0.371 e. The SMILES string of the molecule is CS(=O)(=O)N1CCC[C@]2(CNCCO2)C1. The summed E-state index contributed by atoms with van der Waals surface area (Å²) in [5, 5.41) is 3.27. The summed E-state index contributed by atoms with van der Waals surface area (Å²) < 4.78 is 30.2. The first-order valence-corrected chi connectivity index (χ1v) is 7.17. The molecule has 1 atom stereocenters. The molecule has 2 aliphatic heterocycles. The second-order valence-corrected chi connectivity index (χ2v) is 6.39. The number of hydrogen-bond acceptors (Lipinski definition) is 4. The van der Waals surface area contributed by atoms with Crippen molar-refractivity contribution in [2.24, 2.45) is 0 Å². The Morgan fingerprint density at radius 1 is 1.47 bits per heavy atom. The third kappa shape index (κ3) is 2.50. The molecule has 0 radical (unpaired) electrons. The van der Waals surface area contributed by atoms with Crippen LogP contribution in [0.5, 0.6) is 0 Å². The number of piperidine rings is 1. The van der Waals surface area contributed by atoms with E-state index in [1.807, 2.05) is 0 Å². The van der Waals surface area contributed by atoms with Crippen molar-refractivity contribution in [1.29, 1.82) is 0 Å². The average Bonchev–Trinajstić information content (AvgIpc) is 2.18. The summed E-state index contributed by atoms with van der Waals surface area (Å²) in [6.45, 7) is 3.43. The van der Waals surface area contributed by atoms with Crippen molar-refractivity contribution in [3.63, 3.8) is 0 Å². The predicted molar refractivity (Wildman–Crippen MR) is 57.2 cm³/mol. The van der Waals surface area contributed by atoms with E-state index in [0.29, 0.717) is 19.7 Å². The molecule has 0 aromatic carbocycles. The van der Waals surface area contributed by atoms with E-state index in [1.165, 1.54) is 10.6 Å². The zero-order chi connectivity index (χ0) is 10.9. The highest BCUT2D eigenvalue weighted by atomic mass is 32.2. The highest BCUT2D eigenvalue weighted by Crippen LogP contribution is 2.27. The Morgan fingerprint density at radius 2 is 2.27 bits per heavy atom. The van der Waals surface area contributed by atoms with Gasteiger partial charge in [0.05, 0.1) is 18.5 Å². The van der Waals surface area contributed by atoms with Gasteiger partial charge in [-0.25, -0.2) is 8.42 Å². The number of rotatable bonds is 1. The zero-order valence-corrected chi connectivity index (χ0v) is 9.85. The van der Waals surface area contributed by atoms with E-state index in [0.717, 1.165) is 25.9 Å². The Morgan fingerprint density at radius 3 is 2.87 bits per heavy atom. The lowest BCUT2D eigenvalue weighted by Gasteiger charge is -2.44. The van der Waals surface area contributed by atoms with Crippen LogP contribution in [0.15, 0.2) is 0 Å². The van der Waals surface area contributed by atoms with Crippen molar-refractivity contribution < 1.29 is 13.2 Å². The summed E-state index contributed by atoms with van der Waals surface area (Å²) in [6, 6.07) is 0. The Bertz CT molecular complexity index is 317. The summed E-state index contributed by atoms with van der Waals surface area (Å²) in [6.07, 6.45) is 3.10. The molecule has 15 heavy (non-hydrogen) atoms. The van der Waals surface area contributed by atoms with Crippen LogP contribution >= 0.6 is 0 Å². The molecule has 0 unspecified atom stereocenters. The van der Waals surface area contributed by atoms with Crippen LogP contribution in [-0.4, -0.2) is 57.4 Å². The average molecular weight is 234 g/mol. The van der Waals surface area contributed by atoms with E-state index in [4.69, 9.17) is 4.74 Å². The first kappa shape index (κ1) is 11.3. The van der Waals surface area contributed by atoms with Gasteiger partial charge in [0.2, 0.25) is 10.0 Å². The first-order chi connectivity index (χ1) is 7.02. The maximum absolute atomic E-state index is 11.5.